The number of benzene rings is 1. The zero-order chi connectivity index (χ0) is 13.1. The number of hydrogen-bond donors (Lipinski definition) is 0. The van der Waals surface area contributed by atoms with Gasteiger partial charge in [0.25, 0.3) is 0 Å². The van der Waals surface area contributed by atoms with E-state index in [1.54, 1.807) is 24.3 Å². The van der Waals surface area contributed by atoms with Gasteiger partial charge in [-0.05, 0) is 45.8 Å². The summed E-state index contributed by atoms with van der Waals surface area (Å²) in [6, 6.07) is 7.69. The van der Waals surface area contributed by atoms with Crippen LogP contribution in [0.25, 0.3) is 0 Å². The molecule has 18 heavy (non-hydrogen) atoms. The van der Waals surface area contributed by atoms with Crippen molar-refractivity contribution in [3.05, 3.63) is 63.1 Å². The fourth-order valence-electron chi connectivity index (χ4n) is 1.48. The van der Waals surface area contributed by atoms with E-state index in [-0.39, 0.29) is 18.0 Å². The molecule has 0 saturated heterocycles. The first-order chi connectivity index (χ1) is 8.56. The first kappa shape index (κ1) is 13.2. The molecule has 2 nitrogen and oxygen atoms in total. The van der Waals surface area contributed by atoms with E-state index in [4.69, 9.17) is 11.6 Å². The Morgan fingerprint density at radius 1 is 1.33 bits per heavy atom. The van der Waals surface area contributed by atoms with E-state index in [0.717, 1.165) is 5.56 Å². The Morgan fingerprint density at radius 3 is 2.72 bits per heavy atom. The number of ketones is 1. The van der Waals surface area contributed by atoms with Gasteiger partial charge in [0.15, 0.2) is 5.78 Å². The molecule has 0 aliphatic heterocycles. The third-order valence-corrected chi connectivity index (χ3v) is 3.23. The standard InChI is InChI=1S/C13H8BrClFNO/c14-10-5-8(1-3-11(10)16)6-12(18)9-2-4-13(15)17-7-9/h1-5,7H,6H2. The fourth-order valence-corrected chi connectivity index (χ4v) is 2.02. The second-order valence-electron chi connectivity index (χ2n) is 3.72. The Hall–Kier alpha value is -1.26. The highest BCUT2D eigenvalue weighted by Crippen LogP contribution is 2.18. The first-order valence-electron chi connectivity index (χ1n) is 5.15. The van der Waals surface area contributed by atoms with Crippen LogP contribution in [0.3, 0.4) is 0 Å². The highest BCUT2D eigenvalue weighted by Gasteiger charge is 2.09. The van der Waals surface area contributed by atoms with Crippen LogP contribution in [0.2, 0.25) is 5.15 Å². The van der Waals surface area contributed by atoms with E-state index in [1.165, 1.54) is 12.3 Å². The molecular weight excluding hydrogens is 321 g/mol. The average Bonchev–Trinajstić information content (AvgIpc) is 2.34. The van der Waals surface area contributed by atoms with Crippen LogP contribution in [0, 0.1) is 5.82 Å². The summed E-state index contributed by atoms with van der Waals surface area (Å²) < 4.78 is 13.4. The number of aromatic nitrogens is 1. The first-order valence-corrected chi connectivity index (χ1v) is 6.32. The van der Waals surface area contributed by atoms with Crippen molar-refractivity contribution in [3.63, 3.8) is 0 Å². The highest BCUT2D eigenvalue weighted by molar-refractivity contribution is 9.10. The Bertz CT molecular complexity index is 586. The largest absolute Gasteiger partial charge is 0.294 e. The third kappa shape index (κ3) is 3.15. The summed E-state index contributed by atoms with van der Waals surface area (Å²) in [6.45, 7) is 0. The van der Waals surface area contributed by atoms with Gasteiger partial charge in [0.1, 0.15) is 11.0 Å². The summed E-state index contributed by atoms with van der Waals surface area (Å²) in [6.07, 6.45) is 1.63. The van der Waals surface area contributed by atoms with Crippen molar-refractivity contribution in [3.8, 4) is 0 Å². The van der Waals surface area contributed by atoms with Gasteiger partial charge in [0, 0.05) is 18.2 Å². The number of pyridine rings is 1. The molecule has 0 aliphatic carbocycles. The van der Waals surface area contributed by atoms with Crippen LogP contribution in [0.4, 0.5) is 4.39 Å². The van der Waals surface area contributed by atoms with Crippen molar-refractivity contribution >= 4 is 33.3 Å². The monoisotopic (exact) mass is 327 g/mol. The van der Waals surface area contributed by atoms with Crippen LogP contribution in [0.5, 0.6) is 0 Å². The van der Waals surface area contributed by atoms with E-state index < -0.39 is 0 Å². The SMILES string of the molecule is O=C(Cc1ccc(F)c(Br)c1)c1ccc(Cl)nc1. The molecule has 0 bridgehead atoms. The van der Waals surface area contributed by atoms with E-state index in [9.17, 15) is 9.18 Å². The lowest BCUT2D eigenvalue weighted by Crippen LogP contribution is -2.04. The Kier molecular flexibility index (Phi) is 4.09. The zero-order valence-corrected chi connectivity index (χ0v) is 11.5. The number of hydrogen-bond acceptors (Lipinski definition) is 2. The van der Waals surface area contributed by atoms with Crippen molar-refractivity contribution in [1.82, 2.24) is 4.98 Å². The molecule has 1 aromatic heterocycles. The van der Waals surface area contributed by atoms with Gasteiger partial charge < -0.3 is 0 Å². The van der Waals surface area contributed by atoms with Gasteiger partial charge >= 0.3 is 0 Å². The van der Waals surface area contributed by atoms with Crippen LogP contribution < -0.4 is 0 Å². The molecule has 0 atom stereocenters. The van der Waals surface area contributed by atoms with Crippen LogP contribution in [0.15, 0.2) is 41.0 Å². The lowest BCUT2D eigenvalue weighted by molar-refractivity contribution is 0.0992. The lowest BCUT2D eigenvalue weighted by atomic mass is 10.0. The second-order valence-corrected chi connectivity index (χ2v) is 4.96. The van der Waals surface area contributed by atoms with Crippen LogP contribution in [0.1, 0.15) is 15.9 Å². The molecule has 0 saturated carbocycles. The molecule has 1 aromatic carbocycles. The zero-order valence-electron chi connectivity index (χ0n) is 9.16. The third-order valence-electron chi connectivity index (χ3n) is 2.40. The van der Waals surface area contributed by atoms with E-state index in [1.807, 2.05) is 0 Å². The number of nitrogens with zero attached hydrogens (tertiary/aromatic N) is 1. The number of carbonyl (C=O) groups excluding carboxylic acids is 1. The summed E-state index contributed by atoms with van der Waals surface area (Å²) in [5, 5.41) is 0.344. The molecule has 92 valence electrons. The van der Waals surface area contributed by atoms with Crippen LogP contribution >= 0.6 is 27.5 Å². The normalized spacial score (nSPS) is 10.4. The predicted molar refractivity (Wildman–Crippen MR) is 71.4 cm³/mol. The summed E-state index contributed by atoms with van der Waals surface area (Å²) in [5.41, 5.74) is 1.23. The van der Waals surface area contributed by atoms with Crippen molar-refractivity contribution in [2.24, 2.45) is 0 Å². The molecule has 5 heteroatoms. The highest BCUT2D eigenvalue weighted by atomic mass is 79.9. The van der Waals surface area contributed by atoms with E-state index in [2.05, 4.69) is 20.9 Å². The predicted octanol–water partition coefficient (Wildman–Crippen LogP) is 4.06. The quantitative estimate of drug-likeness (QED) is 0.628. The van der Waals surface area contributed by atoms with Crippen molar-refractivity contribution in [1.29, 1.82) is 0 Å². The van der Waals surface area contributed by atoms with Gasteiger partial charge in [0.05, 0.1) is 4.47 Å². The molecule has 2 aromatic rings. The topological polar surface area (TPSA) is 30.0 Å². The molecule has 0 amide bonds. The fraction of sp³-hybridized carbons (Fsp3) is 0.0769. The van der Waals surface area contributed by atoms with Gasteiger partial charge in [-0.25, -0.2) is 9.37 Å². The Morgan fingerprint density at radius 2 is 2.11 bits per heavy atom. The molecular formula is C13H8BrClFNO. The number of Topliss-reactive ketones (excluding diaryl/α,β-unsaturated/α-hetero) is 1. The molecule has 0 spiro atoms. The summed E-state index contributed by atoms with van der Waals surface area (Å²) in [7, 11) is 0. The van der Waals surface area contributed by atoms with Crippen molar-refractivity contribution in [2.45, 2.75) is 6.42 Å². The maximum atomic E-state index is 13.0. The Balaban J connectivity index is 2.16. The summed E-state index contributed by atoms with van der Waals surface area (Å²) in [5.74, 6) is -0.433. The average molecular weight is 329 g/mol. The minimum Gasteiger partial charge on any atom is -0.294 e. The smallest absolute Gasteiger partial charge is 0.168 e. The molecule has 1 heterocycles. The molecule has 0 unspecified atom stereocenters. The summed E-state index contributed by atoms with van der Waals surface area (Å²) >= 11 is 8.73. The van der Waals surface area contributed by atoms with Crippen molar-refractivity contribution in [2.75, 3.05) is 0 Å². The van der Waals surface area contributed by atoms with Gasteiger partial charge in [-0.2, -0.15) is 0 Å². The molecule has 2 rings (SSSR count). The van der Waals surface area contributed by atoms with Gasteiger partial charge in [-0.1, -0.05) is 17.7 Å². The summed E-state index contributed by atoms with van der Waals surface area (Å²) in [4.78, 5) is 15.8. The molecule has 0 fully saturated rings. The second kappa shape index (κ2) is 5.59. The van der Waals surface area contributed by atoms with E-state index >= 15 is 0 Å². The van der Waals surface area contributed by atoms with Gasteiger partial charge in [-0.3, -0.25) is 4.79 Å². The maximum absolute atomic E-state index is 13.0. The molecule has 0 radical (unpaired) electrons. The number of carbonyl (C=O) groups is 1. The Labute approximate surface area is 117 Å². The van der Waals surface area contributed by atoms with Crippen LogP contribution in [-0.4, -0.2) is 10.8 Å². The maximum Gasteiger partial charge on any atom is 0.168 e. The van der Waals surface area contributed by atoms with Gasteiger partial charge in [-0.15, -0.1) is 0 Å². The van der Waals surface area contributed by atoms with Crippen molar-refractivity contribution < 1.29 is 9.18 Å². The van der Waals surface area contributed by atoms with E-state index in [0.29, 0.717) is 15.2 Å². The number of halogens is 3. The molecule has 0 N–H and O–H groups in total. The van der Waals surface area contributed by atoms with Crippen LogP contribution in [-0.2, 0) is 6.42 Å². The minimum absolute atomic E-state index is 0.0855. The minimum atomic E-state index is -0.348. The molecule has 0 aliphatic rings. The van der Waals surface area contributed by atoms with Gasteiger partial charge in [0.2, 0.25) is 0 Å². The number of rotatable bonds is 3. The lowest BCUT2D eigenvalue weighted by Gasteiger charge is -2.03.